The molecule has 0 nitrogen and oxygen atoms in total. The summed E-state index contributed by atoms with van der Waals surface area (Å²) in [5, 5.41) is 0. The maximum atomic E-state index is 12.9. The summed E-state index contributed by atoms with van der Waals surface area (Å²) in [6.07, 6.45) is 3.41. The smallest absolute Gasteiger partial charge is 0.123 e. The summed E-state index contributed by atoms with van der Waals surface area (Å²) >= 11 is 0. The molecule has 1 aromatic carbocycles. The molecule has 0 bridgehead atoms. The van der Waals surface area contributed by atoms with Gasteiger partial charge < -0.3 is 0 Å². The van der Waals surface area contributed by atoms with E-state index in [2.05, 4.69) is 13.8 Å². The minimum atomic E-state index is -0.118. The van der Waals surface area contributed by atoms with Crippen LogP contribution in [0, 0.1) is 5.82 Å². The van der Waals surface area contributed by atoms with Crippen molar-refractivity contribution in [3.8, 4) is 0 Å². The quantitative estimate of drug-likeness (QED) is 0.653. The molecule has 0 radical (unpaired) electrons. The summed E-state index contributed by atoms with van der Waals surface area (Å²) in [6.45, 7) is 4.33. The van der Waals surface area contributed by atoms with Gasteiger partial charge in [-0.3, -0.25) is 0 Å². The van der Waals surface area contributed by atoms with E-state index >= 15 is 0 Å². The molecule has 0 saturated heterocycles. The van der Waals surface area contributed by atoms with Gasteiger partial charge in [-0.25, -0.2) is 4.39 Å². The fraction of sp³-hybridized carbons (Fsp3) is 0.500. The molecule has 0 aliphatic heterocycles. The van der Waals surface area contributed by atoms with Crippen molar-refractivity contribution in [2.24, 2.45) is 0 Å². The van der Waals surface area contributed by atoms with Crippen LogP contribution in [0.15, 0.2) is 24.3 Å². The number of hydrogen-bond acceptors (Lipinski definition) is 0. The molecule has 0 aromatic heterocycles. The second kappa shape index (κ2) is 5.00. The van der Waals surface area contributed by atoms with Gasteiger partial charge in [-0.05, 0) is 36.5 Å². The monoisotopic (exact) mass is 180 g/mol. The summed E-state index contributed by atoms with van der Waals surface area (Å²) in [6, 6.07) is 6.97. The minimum Gasteiger partial charge on any atom is -0.207 e. The lowest BCUT2D eigenvalue weighted by Crippen LogP contribution is -1.96. The zero-order valence-electron chi connectivity index (χ0n) is 8.39. The lowest BCUT2D eigenvalue weighted by Gasteiger charge is -2.13. The largest absolute Gasteiger partial charge is 0.207 e. The Morgan fingerprint density at radius 1 is 1.31 bits per heavy atom. The van der Waals surface area contributed by atoms with Crippen LogP contribution in [-0.4, -0.2) is 0 Å². The first-order chi connectivity index (χ1) is 6.27. The highest BCUT2D eigenvalue weighted by Gasteiger charge is 2.07. The lowest BCUT2D eigenvalue weighted by atomic mass is 9.92. The third-order valence-electron chi connectivity index (χ3n) is 2.45. The van der Waals surface area contributed by atoms with Crippen molar-refractivity contribution in [1.82, 2.24) is 0 Å². The van der Waals surface area contributed by atoms with Crippen LogP contribution in [0.2, 0.25) is 0 Å². The van der Waals surface area contributed by atoms with Gasteiger partial charge in [0.25, 0.3) is 0 Å². The second-order valence-corrected chi connectivity index (χ2v) is 3.45. The fourth-order valence-corrected chi connectivity index (χ4v) is 1.72. The van der Waals surface area contributed by atoms with Crippen LogP contribution in [0.1, 0.15) is 44.6 Å². The molecule has 0 heterocycles. The van der Waals surface area contributed by atoms with Gasteiger partial charge in [-0.1, -0.05) is 32.4 Å². The van der Waals surface area contributed by atoms with E-state index in [1.807, 2.05) is 6.07 Å². The standard InChI is InChI=1S/C12H17F/c1-3-6-10(4-2)11-7-5-8-12(13)9-11/h5,7-10H,3-4,6H2,1-2H3. The molecule has 0 aliphatic carbocycles. The van der Waals surface area contributed by atoms with Gasteiger partial charge in [-0.15, -0.1) is 0 Å². The maximum Gasteiger partial charge on any atom is 0.123 e. The van der Waals surface area contributed by atoms with Crippen molar-refractivity contribution < 1.29 is 4.39 Å². The SMILES string of the molecule is CCCC(CC)c1cccc(F)c1. The van der Waals surface area contributed by atoms with Gasteiger partial charge in [0.2, 0.25) is 0 Å². The molecule has 0 saturated carbocycles. The van der Waals surface area contributed by atoms with Crippen LogP contribution < -0.4 is 0 Å². The summed E-state index contributed by atoms with van der Waals surface area (Å²) in [4.78, 5) is 0. The van der Waals surface area contributed by atoms with E-state index < -0.39 is 0 Å². The lowest BCUT2D eigenvalue weighted by molar-refractivity contribution is 0.581. The van der Waals surface area contributed by atoms with Gasteiger partial charge in [0, 0.05) is 0 Å². The third-order valence-corrected chi connectivity index (χ3v) is 2.45. The fourth-order valence-electron chi connectivity index (χ4n) is 1.72. The molecular formula is C12H17F. The zero-order valence-corrected chi connectivity index (χ0v) is 8.39. The highest BCUT2D eigenvalue weighted by Crippen LogP contribution is 2.24. The molecule has 0 N–H and O–H groups in total. The van der Waals surface area contributed by atoms with Gasteiger partial charge >= 0.3 is 0 Å². The molecule has 0 fully saturated rings. The van der Waals surface area contributed by atoms with Crippen molar-refractivity contribution >= 4 is 0 Å². The molecule has 1 unspecified atom stereocenters. The number of rotatable bonds is 4. The van der Waals surface area contributed by atoms with E-state index in [1.165, 1.54) is 6.07 Å². The number of benzene rings is 1. The number of halogens is 1. The van der Waals surface area contributed by atoms with E-state index in [0.717, 1.165) is 24.8 Å². The highest BCUT2D eigenvalue weighted by atomic mass is 19.1. The van der Waals surface area contributed by atoms with Crippen LogP contribution in [0.25, 0.3) is 0 Å². The summed E-state index contributed by atoms with van der Waals surface area (Å²) in [7, 11) is 0. The van der Waals surface area contributed by atoms with Crippen molar-refractivity contribution in [2.45, 2.75) is 39.0 Å². The van der Waals surface area contributed by atoms with Crippen molar-refractivity contribution in [2.75, 3.05) is 0 Å². The molecule has 1 atom stereocenters. The molecule has 0 spiro atoms. The minimum absolute atomic E-state index is 0.118. The third kappa shape index (κ3) is 2.83. The predicted octanol–water partition coefficient (Wildman–Crippen LogP) is 4.12. The molecule has 72 valence electrons. The molecule has 1 heteroatoms. The average Bonchev–Trinajstić information content (AvgIpc) is 2.14. The van der Waals surface area contributed by atoms with E-state index in [9.17, 15) is 4.39 Å². The van der Waals surface area contributed by atoms with Crippen LogP contribution in [0.3, 0.4) is 0 Å². The van der Waals surface area contributed by atoms with Crippen LogP contribution in [-0.2, 0) is 0 Å². The molecular weight excluding hydrogens is 163 g/mol. The zero-order chi connectivity index (χ0) is 9.68. The topological polar surface area (TPSA) is 0 Å². The molecule has 1 aromatic rings. The van der Waals surface area contributed by atoms with Gasteiger partial charge in [-0.2, -0.15) is 0 Å². The molecule has 0 amide bonds. The highest BCUT2D eigenvalue weighted by molar-refractivity contribution is 5.20. The Morgan fingerprint density at radius 2 is 2.08 bits per heavy atom. The van der Waals surface area contributed by atoms with Crippen molar-refractivity contribution in [3.05, 3.63) is 35.6 Å². The Balaban J connectivity index is 2.78. The van der Waals surface area contributed by atoms with Crippen molar-refractivity contribution in [3.63, 3.8) is 0 Å². The second-order valence-electron chi connectivity index (χ2n) is 3.45. The molecule has 0 aliphatic rings. The van der Waals surface area contributed by atoms with Crippen LogP contribution in [0.4, 0.5) is 4.39 Å². The normalized spacial score (nSPS) is 12.8. The Kier molecular flexibility index (Phi) is 3.94. The summed E-state index contributed by atoms with van der Waals surface area (Å²) in [5.41, 5.74) is 1.14. The van der Waals surface area contributed by atoms with Gasteiger partial charge in [0.15, 0.2) is 0 Å². The van der Waals surface area contributed by atoms with Crippen LogP contribution >= 0.6 is 0 Å². The van der Waals surface area contributed by atoms with E-state index in [1.54, 1.807) is 12.1 Å². The average molecular weight is 180 g/mol. The first kappa shape index (κ1) is 10.2. The summed E-state index contributed by atoms with van der Waals surface area (Å²) < 4.78 is 12.9. The van der Waals surface area contributed by atoms with Gasteiger partial charge in [0.1, 0.15) is 5.82 Å². The van der Waals surface area contributed by atoms with E-state index in [-0.39, 0.29) is 5.82 Å². The van der Waals surface area contributed by atoms with Gasteiger partial charge in [0.05, 0.1) is 0 Å². The Bertz CT molecular complexity index is 255. The summed E-state index contributed by atoms with van der Waals surface area (Å²) in [5.74, 6) is 0.410. The number of hydrogen-bond donors (Lipinski definition) is 0. The van der Waals surface area contributed by atoms with E-state index in [4.69, 9.17) is 0 Å². The maximum absolute atomic E-state index is 12.9. The molecule has 13 heavy (non-hydrogen) atoms. The first-order valence-electron chi connectivity index (χ1n) is 5.03. The Hall–Kier alpha value is -0.850. The van der Waals surface area contributed by atoms with Crippen molar-refractivity contribution in [1.29, 1.82) is 0 Å². The Labute approximate surface area is 79.8 Å². The van der Waals surface area contributed by atoms with Crippen LogP contribution in [0.5, 0.6) is 0 Å². The first-order valence-corrected chi connectivity index (χ1v) is 5.03. The molecule has 1 rings (SSSR count). The van der Waals surface area contributed by atoms with E-state index in [0.29, 0.717) is 5.92 Å². The predicted molar refractivity (Wildman–Crippen MR) is 54.3 cm³/mol. The Morgan fingerprint density at radius 3 is 2.62 bits per heavy atom.